The smallest absolute Gasteiger partial charge is 0.349 e. The summed E-state index contributed by atoms with van der Waals surface area (Å²) in [5.41, 5.74) is 11.9. The molecule has 16 rings (SSSR count). The topological polar surface area (TPSA) is 242 Å². The van der Waals surface area contributed by atoms with Crippen molar-refractivity contribution in [1.29, 1.82) is 0 Å². The molecule has 0 atom stereocenters. The van der Waals surface area contributed by atoms with Crippen LogP contribution in [0.1, 0.15) is 100.0 Å². The number of aromatic nitrogens is 7. The van der Waals surface area contributed by atoms with E-state index >= 15 is 0 Å². The summed E-state index contributed by atoms with van der Waals surface area (Å²) in [6, 6.07) is 30.7. The molecule has 29 heteroatoms. The Kier molecular flexibility index (Phi) is 30.1. The number of anilines is 5. The van der Waals surface area contributed by atoms with Gasteiger partial charge in [0.15, 0.2) is 29.1 Å². The average molecular weight is 1660 g/mol. The largest absolute Gasteiger partial charge is 0.481 e. The van der Waals surface area contributed by atoms with Crippen molar-refractivity contribution in [3.05, 3.63) is 160 Å². The van der Waals surface area contributed by atoms with Crippen LogP contribution in [0.3, 0.4) is 0 Å². The third-order valence-electron chi connectivity index (χ3n) is 22.5. The Hall–Kier alpha value is -9.85. The molecule has 10 aromatic rings. The van der Waals surface area contributed by atoms with Crippen molar-refractivity contribution in [1.82, 2.24) is 64.9 Å². The lowest BCUT2D eigenvalue weighted by Crippen LogP contribution is -2.40. The highest BCUT2D eigenvalue weighted by atomic mass is 32.1. The van der Waals surface area contributed by atoms with Gasteiger partial charge in [0.25, 0.3) is 11.8 Å². The summed E-state index contributed by atoms with van der Waals surface area (Å²) in [4.78, 5) is 83.6. The van der Waals surface area contributed by atoms with E-state index in [0.717, 1.165) is 307 Å². The molecule has 0 aliphatic carbocycles. The normalized spacial score (nSPS) is 16.9. The van der Waals surface area contributed by atoms with E-state index in [1.165, 1.54) is 12.8 Å². The first-order valence-corrected chi connectivity index (χ1v) is 44.5. The Morgan fingerprint density at radius 3 is 1.37 bits per heavy atom. The van der Waals surface area contributed by atoms with Gasteiger partial charge in [-0.05, 0) is 164 Å². The highest BCUT2D eigenvalue weighted by Crippen LogP contribution is 2.44. The number of thiazole rings is 2. The number of ether oxygens (including phenoxy) is 6. The van der Waals surface area contributed by atoms with Crippen LogP contribution in [0.5, 0.6) is 17.2 Å². The summed E-state index contributed by atoms with van der Waals surface area (Å²) in [6.07, 6.45) is 14.0. The number of likely N-dealkylation sites (tertiary alicyclic amines) is 1. The maximum absolute atomic E-state index is 12.7. The molecule has 27 nitrogen and oxygen atoms in total. The molecule has 2 N–H and O–H groups in total. The summed E-state index contributed by atoms with van der Waals surface area (Å²) in [5.74, 6) is 1.65. The number of hydrogen-bond donors (Lipinski definition) is 2. The zero-order valence-electron chi connectivity index (χ0n) is 70.4. The van der Waals surface area contributed by atoms with E-state index in [4.69, 9.17) is 58.4 Å². The third-order valence-corrected chi connectivity index (χ3v) is 24.4. The van der Waals surface area contributed by atoms with Crippen LogP contribution in [0.4, 0.5) is 27.3 Å². The number of morpholine rings is 2. The van der Waals surface area contributed by atoms with E-state index in [-0.39, 0.29) is 31.0 Å². The number of carbonyl (C=O) groups excluding carboxylic acids is 3. The summed E-state index contributed by atoms with van der Waals surface area (Å²) < 4.78 is 37.2. The lowest BCUT2D eigenvalue weighted by molar-refractivity contribution is -0.158. The van der Waals surface area contributed by atoms with Crippen LogP contribution in [-0.4, -0.2) is 261 Å². The molecule has 634 valence electrons. The molecule has 6 aliphatic rings. The van der Waals surface area contributed by atoms with Crippen LogP contribution in [0, 0.1) is 20.8 Å². The second-order valence-electron chi connectivity index (χ2n) is 31.9. The van der Waals surface area contributed by atoms with Crippen LogP contribution in [0.2, 0.25) is 0 Å². The number of rotatable bonds is 27. The molecule has 0 bridgehead atoms. The van der Waals surface area contributed by atoms with Gasteiger partial charge in [0, 0.05) is 196 Å². The van der Waals surface area contributed by atoms with Gasteiger partial charge >= 0.3 is 5.97 Å². The van der Waals surface area contributed by atoms with Crippen molar-refractivity contribution < 1.29 is 42.8 Å². The van der Waals surface area contributed by atoms with Crippen molar-refractivity contribution in [2.45, 2.75) is 112 Å². The minimum absolute atomic E-state index is 0.00144. The molecule has 6 aliphatic heterocycles. The zero-order chi connectivity index (χ0) is 82.5. The molecule has 6 saturated heterocycles. The minimum Gasteiger partial charge on any atom is -0.481 e. The Bertz CT molecular complexity index is 4970. The number of amides is 2. The van der Waals surface area contributed by atoms with Gasteiger partial charge in [0.05, 0.1) is 72.4 Å². The van der Waals surface area contributed by atoms with Crippen molar-refractivity contribution in [3.8, 4) is 22.9 Å². The molecule has 12 heterocycles. The van der Waals surface area contributed by atoms with Crippen molar-refractivity contribution >= 4 is 100 Å². The summed E-state index contributed by atoms with van der Waals surface area (Å²) in [7, 11) is 0. The number of nitrogens with zero attached hydrogens (tertiary/aromatic N) is 16. The average Bonchev–Trinajstić information content (AvgIpc) is 1.63. The van der Waals surface area contributed by atoms with Gasteiger partial charge in [0.2, 0.25) is 0 Å². The summed E-state index contributed by atoms with van der Waals surface area (Å²) in [6.45, 7) is 38.4. The number of hydrogen-bond acceptors (Lipinski definition) is 26. The van der Waals surface area contributed by atoms with E-state index in [9.17, 15) is 14.4 Å². The zero-order valence-corrected chi connectivity index (χ0v) is 72.1. The standard InChI is InChI=1S/C31H43N7O3S.C31H37N5O3.C28H38N6O3S/c1-24-20-25-6-4-7-33-28(25)29(30(24)41-22-27(39)32-8-13-35-9-2-3-10-35)37-12-5-11-36(14-15-37)21-26-23-42-31(34-26)38-16-18-40-19-17-38;1-5-38-30(37)31(3,4)39-29-23(2)21-24-11-9-15-32-27(24)28(29)35-17-10-16-34(19-20-35)22-25-14-18-36(33-25)26-12-7-6-8-13-26;1-3-7-29-24(35)19-37-27-21(2)17-22-6-4-8-30-25(22)26(27)33-10-5-9-32(11-12-33)18-23-20-38-28(31-23)34-13-15-36-16-14-34/h4,6-7,20,23H,2-3,5,8-19,21-22H2,1H3,(H,32,39);6-9,11-15,18,21H,5,10,16-17,19-20,22H2,1-4H3;4,6,8,17,20H,3,5,7,9-16,18-19H2,1-2H3,(H,29,35). The first kappa shape index (κ1) is 85.6. The number of benzene rings is 4. The predicted octanol–water partition coefficient (Wildman–Crippen LogP) is 11.8. The second-order valence-corrected chi connectivity index (χ2v) is 33.6. The van der Waals surface area contributed by atoms with Gasteiger partial charge in [-0.2, -0.15) is 5.10 Å². The van der Waals surface area contributed by atoms with Gasteiger partial charge in [-0.3, -0.25) is 39.2 Å². The van der Waals surface area contributed by atoms with Crippen LogP contribution in [0.15, 0.2) is 127 Å². The third kappa shape index (κ3) is 22.6. The highest BCUT2D eigenvalue weighted by molar-refractivity contribution is 7.14. The van der Waals surface area contributed by atoms with Gasteiger partial charge in [-0.1, -0.05) is 43.3 Å². The molecule has 6 aromatic heterocycles. The van der Waals surface area contributed by atoms with E-state index in [1.54, 1.807) is 43.4 Å². The van der Waals surface area contributed by atoms with E-state index in [1.807, 2.05) is 86.6 Å². The SMILES string of the molecule is CCCNC(=O)COc1c(C)cc2cccnc2c1N1CCCN(Cc2csc(N3CCOCC3)n2)CC1.CCOC(=O)C(C)(C)Oc1c(C)cc2cccnc2c1N1CCCN(Cc2ccn(-c3ccccc3)n2)CC1.Cc1cc2cccnc2c(N2CCCN(Cc3csc(N4CCOCC4)n3)CC2)c1OCC(=O)NCCN1CCCC1. The summed E-state index contributed by atoms with van der Waals surface area (Å²) >= 11 is 3.46. The predicted molar refractivity (Wildman–Crippen MR) is 474 cm³/mol. The maximum atomic E-state index is 12.7. The van der Waals surface area contributed by atoms with E-state index in [2.05, 4.69) is 127 Å². The minimum atomic E-state index is -1.13. The highest BCUT2D eigenvalue weighted by Gasteiger charge is 2.36. The van der Waals surface area contributed by atoms with E-state index in [0.29, 0.717) is 25.4 Å². The van der Waals surface area contributed by atoms with E-state index < -0.39 is 5.60 Å². The molecule has 4 aromatic carbocycles. The van der Waals surface area contributed by atoms with Crippen molar-refractivity contribution in [3.63, 3.8) is 0 Å². The first-order valence-electron chi connectivity index (χ1n) is 42.7. The Labute approximate surface area is 707 Å². The first-order chi connectivity index (χ1) is 58.1. The molecule has 0 saturated carbocycles. The molecule has 0 spiro atoms. The molecular weight excluding hydrogens is 1540 g/mol. The lowest BCUT2D eigenvalue weighted by Gasteiger charge is -2.31. The second kappa shape index (κ2) is 41.9. The number of nitrogens with one attached hydrogen (secondary N) is 2. The number of carbonyl (C=O) groups is 3. The van der Waals surface area contributed by atoms with Gasteiger partial charge in [-0.15, -0.1) is 22.7 Å². The van der Waals surface area contributed by atoms with Gasteiger partial charge in [0.1, 0.15) is 34.3 Å². The lowest BCUT2D eigenvalue weighted by atomic mass is 10.1. The Morgan fingerprint density at radius 1 is 0.471 bits per heavy atom. The van der Waals surface area contributed by atoms with Crippen molar-refractivity contribution in [2.75, 3.05) is 208 Å². The number of esters is 1. The Balaban J connectivity index is 0.000000147. The van der Waals surface area contributed by atoms with Gasteiger partial charge in [-0.25, -0.2) is 19.4 Å². The summed E-state index contributed by atoms with van der Waals surface area (Å²) in [5, 5.41) is 20.6. The van der Waals surface area contributed by atoms with Crippen LogP contribution in [-0.2, 0) is 48.2 Å². The number of fused-ring (bicyclic) bond motifs is 3. The van der Waals surface area contributed by atoms with Crippen LogP contribution >= 0.6 is 22.7 Å². The molecule has 0 unspecified atom stereocenters. The number of para-hydroxylation sites is 1. The van der Waals surface area contributed by atoms with Gasteiger partial charge < -0.3 is 68.5 Å². The van der Waals surface area contributed by atoms with Crippen LogP contribution in [0.25, 0.3) is 38.4 Å². The molecule has 119 heavy (non-hydrogen) atoms. The fourth-order valence-corrected chi connectivity index (χ4v) is 18.1. The monoisotopic (exact) mass is 1660 g/mol. The fraction of sp³-hybridized carbons (Fsp3) is 0.500. The fourth-order valence-electron chi connectivity index (χ4n) is 16.4. The Morgan fingerprint density at radius 2 is 0.908 bits per heavy atom. The molecule has 6 fully saturated rings. The maximum Gasteiger partial charge on any atom is 0.349 e. The quantitative estimate of drug-likeness (QED) is 0.0455. The number of pyridine rings is 3. The molecule has 0 radical (unpaired) electrons. The van der Waals surface area contributed by atoms with Crippen LogP contribution < -0.4 is 49.3 Å². The van der Waals surface area contributed by atoms with Crippen molar-refractivity contribution in [2.24, 2.45) is 0 Å². The molecular formula is C90H118N18O9S2. The number of aryl methyl sites for hydroxylation is 3. The molecule has 2 amide bonds.